The Morgan fingerprint density at radius 3 is 2.76 bits per heavy atom. The molecule has 1 aromatic heterocycles. The van der Waals surface area contributed by atoms with Crippen LogP contribution in [-0.4, -0.2) is 9.78 Å². The molecule has 0 bridgehead atoms. The van der Waals surface area contributed by atoms with Crippen LogP contribution in [0.25, 0.3) is 0 Å². The standard InChI is InChI=1S/C13H17N3O/c1-2-16-10-13(8-14-16)9-15-17-11-12-6-4-3-5-7-12/h3-8,10,15H,2,9,11H2,1H3. The second kappa shape index (κ2) is 6.18. The molecular weight excluding hydrogens is 214 g/mol. The smallest absolute Gasteiger partial charge is 0.0933 e. The van der Waals surface area contributed by atoms with Crippen LogP contribution in [0.15, 0.2) is 42.7 Å². The molecule has 0 unspecified atom stereocenters. The molecule has 1 N–H and O–H groups in total. The quantitative estimate of drug-likeness (QED) is 0.611. The van der Waals surface area contributed by atoms with E-state index in [0.29, 0.717) is 13.2 Å². The van der Waals surface area contributed by atoms with E-state index in [4.69, 9.17) is 4.84 Å². The first kappa shape index (κ1) is 11.8. The second-order valence-corrected chi connectivity index (χ2v) is 3.80. The largest absolute Gasteiger partial charge is 0.297 e. The predicted molar refractivity (Wildman–Crippen MR) is 66.0 cm³/mol. The van der Waals surface area contributed by atoms with Gasteiger partial charge in [0.05, 0.1) is 12.8 Å². The third-order valence-corrected chi connectivity index (χ3v) is 2.47. The van der Waals surface area contributed by atoms with Gasteiger partial charge in [-0.05, 0) is 12.5 Å². The number of aryl methyl sites for hydroxylation is 1. The molecule has 0 amide bonds. The predicted octanol–water partition coefficient (Wildman–Crippen LogP) is 2.12. The van der Waals surface area contributed by atoms with E-state index in [1.54, 1.807) is 0 Å². The second-order valence-electron chi connectivity index (χ2n) is 3.80. The summed E-state index contributed by atoms with van der Waals surface area (Å²) in [6.07, 6.45) is 3.86. The lowest BCUT2D eigenvalue weighted by Crippen LogP contribution is -2.13. The van der Waals surface area contributed by atoms with Gasteiger partial charge in [-0.2, -0.15) is 10.6 Å². The van der Waals surface area contributed by atoms with Crippen LogP contribution in [0.4, 0.5) is 0 Å². The van der Waals surface area contributed by atoms with Gasteiger partial charge in [-0.3, -0.25) is 9.52 Å². The van der Waals surface area contributed by atoms with Gasteiger partial charge in [0.15, 0.2) is 0 Å². The van der Waals surface area contributed by atoms with Gasteiger partial charge < -0.3 is 0 Å². The zero-order valence-corrected chi connectivity index (χ0v) is 9.97. The molecule has 0 saturated carbocycles. The Balaban J connectivity index is 1.69. The monoisotopic (exact) mass is 231 g/mol. The summed E-state index contributed by atoms with van der Waals surface area (Å²) in [6.45, 7) is 4.20. The highest BCUT2D eigenvalue weighted by molar-refractivity contribution is 5.13. The topological polar surface area (TPSA) is 39.1 Å². The van der Waals surface area contributed by atoms with Gasteiger partial charge in [0.2, 0.25) is 0 Å². The molecule has 0 aliphatic carbocycles. The molecule has 1 aromatic carbocycles. The molecule has 0 aliphatic heterocycles. The molecule has 0 spiro atoms. The van der Waals surface area contributed by atoms with E-state index in [9.17, 15) is 0 Å². The summed E-state index contributed by atoms with van der Waals surface area (Å²) in [5.41, 5.74) is 5.22. The van der Waals surface area contributed by atoms with Crippen molar-refractivity contribution < 1.29 is 4.84 Å². The summed E-state index contributed by atoms with van der Waals surface area (Å²) in [4.78, 5) is 5.38. The summed E-state index contributed by atoms with van der Waals surface area (Å²) in [5.74, 6) is 0. The summed E-state index contributed by atoms with van der Waals surface area (Å²) in [7, 11) is 0. The molecule has 2 aromatic rings. The van der Waals surface area contributed by atoms with Crippen molar-refractivity contribution in [2.75, 3.05) is 0 Å². The number of hydrogen-bond donors (Lipinski definition) is 1. The first-order valence-electron chi connectivity index (χ1n) is 5.78. The van der Waals surface area contributed by atoms with Gasteiger partial charge >= 0.3 is 0 Å². The van der Waals surface area contributed by atoms with Crippen LogP contribution in [-0.2, 0) is 24.5 Å². The Morgan fingerprint density at radius 2 is 2.06 bits per heavy atom. The van der Waals surface area contributed by atoms with Gasteiger partial charge in [-0.25, -0.2) is 0 Å². The Bertz CT molecular complexity index is 439. The van der Waals surface area contributed by atoms with E-state index < -0.39 is 0 Å². The SMILES string of the molecule is CCn1cc(CNOCc2ccccc2)cn1. The Labute approximate surface area is 101 Å². The van der Waals surface area contributed by atoms with E-state index in [1.165, 1.54) is 0 Å². The summed E-state index contributed by atoms with van der Waals surface area (Å²) >= 11 is 0. The maximum Gasteiger partial charge on any atom is 0.0933 e. The lowest BCUT2D eigenvalue weighted by Gasteiger charge is -2.04. The van der Waals surface area contributed by atoms with Gasteiger partial charge in [0, 0.05) is 24.8 Å². The van der Waals surface area contributed by atoms with Crippen molar-refractivity contribution in [1.29, 1.82) is 0 Å². The molecule has 2 rings (SSSR count). The first-order chi connectivity index (χ1) is 8.38. The fourth-order valence-electron chi connectivity index (χ4n) is 1.51. The van der Waals surface area contributed by atoms with Gasteiger partial charge in [0.1, 0.15) is 0 Å². The molecule has 90 valence electrons. The summed E-state index contributed by atoms with van der Waals surface area (Å²) < 4.78 is 1.90. The van der Waals surface area contributed by atoms with Crippen LogP contribution >= 0.6 is 0 Å². The van der Waals surface area contributed by atoms with E-state index >= 15 is 0 Å². The molecule has 0 aliphatic rings. The number of hydroxylamine groups is 1. The van der Waals surface area contributed by atoms with Gasteiger partial charge in [0.25, 0.3) is 0 Å². The third-order valence-electron chi connectivity index (χ3n) is 2.47. The number of nitrogens with zero attached hydrogens (tertiary/aromatic N) is 2. The zero-order chi connectivity index (χ0) is 11.9. The molecule has 1 heterocycles. The molecule has 0 saturated heterocycles. The number of rotatable bonds is 6. The van der Waals surface area contributed by atoms with Crippen LogP contribution < -0.4 is 5.48 Å². The van der Waals surface area contributed by atoms with Crippen molar-refractivity contribution in [3.05, 3.63) is 53.9 Å². The van der Waals surface area contributed by atoms with Crippen LogP contribution in [0.3, 0.4) is 0 Å². The average molecular weight is 231 g/mol. The Morgan fingerprint density at radius 1 is 1.24 bits per heavy atom. The molecule has 4 heteroatoms. The van der Waals surface area contributed by atoms with Crippen LogP contribution in [0.2, 0.25) is 0 Å². The zero-order valence-electron chi connectivity index (χ0n) is 9.97. The lowest BCUT2D eigenvalue weighted by atomic mass is 10.2. The average Bonchev–Trinajstić information content (AvgIpc) is 2.84. The van der Waals surface area contributed by atoms with Crippen molar-refractivity contribution in [1.82, 2.24) is 15.3 Å². The molecule has 17 heavy (non-hydrogen) atoms. The third kappa shape index (κ3) is 3.69. The normalized spacial score (nSPS) is 10.6. The summed E-state index contributed by atoms with van der Waals surface area (Å²) in [5, 5.41) is 4.19. The number of hydrogen-bond acceptors (Lipinski definition) is 3. The van der Waals surface area contributed by atoms with Crippen molar-refractivity contribution >= 4 is 0 Å². The summed E-state index contributed by atoms with van der Waals surface area (Å²) in [6, 6.07) is 10.1. The van der Waals surface area contributed by atoms with Crippen LogP contribution in [0.1, 0.15) is 18.1 Å². The lowest BCUT2D eigenvalue weighted by molar-refractivity contribution is 0.0235. The Kier molecular flexibility index (Phi) is 4.30. The van der Waals surface area contributed by atoms with Crippen molar-refractivity contribution in [2.24, 2.45) is 0 Å². The van der Waals surface area contributed by atoms with E-state index in [-0.39, 0.29) is 0 Å². The first-order valence-corrected chi connectivity index (χ1v) is 5.78. The maximum absolute atomic E-state index is 5.38. The van der Waals surface area contributed by atoms with E-state index in [2.05, 4.69) is 17.5 Å². The number of aromatic nitrogens is 2. The molecule has 4 nitrogen and oxygen atoms in total. The fraction of sp³-hybridized carbons (Fsp3) is 0.308. The minimum Gasteiger partial charge on any atom is -0.297 e. The van der Waals surface area contributed by atoms with E-state index in [1.807, 2.05) is 47.4 Å². The minimum absolute atomic E-state index is 0.572. The highest BCUT2D eigenvalue weighted by Gasteiger charge is 1.97. The maximum atomic E-state index is 5.38. The van der Waals surface area contributed by atoms with Crippen molar-refractivity contribution in [2.45, 2.75) is 26.6 Å². The van der Waals surface area contributed by atoms with Crippen LogP contribution in [0.5, 0.6) is 0 Å². The highest BCUT2D eigenvalue weighted by atomic mass is 16.6. The van der Waals surface area contributed by atoms with Crippen molar-refractivity contribution in [3.8, 4) is 0 Å². The van der Waals surface area contributed by atoms with Gasteiger partial charge in [-0.15, -0.1) is 0 Å². The molecule has 0 atom stereocenters. The number of nitrogens with one attached hydrogen (secondary N) is 1. The highest BCUT2D eigenvalue weighted by Crippen LogP contribution is 2.00. The van der Waals surface area contributed by atoms with Crippen molar-refractivity contribution in [3.63, 3.8) is 0 Å². The number of benzene rings is 1. The van der Waals surface area contributed by atoms with Crippen LogP contribution in [0, 0.1) is 0 Å². The molecule has 0 fully saturated rings. The van der Waals surface area contributed by atoms with Gasteiger partial charge in [-0.1, -0.05) is 30.3 Å². The Hall–Kier alpha value is -1.65. The fourth-order valence-corrected chi connectivity index (χ4v) is 1.51. The molecule has 0 radical (unpaired) electrons. The molecular formula is C13H17N3O. The minimum atomic E-state index is 0.572. The van der Waals surface area contributed by atoms with E-state index in [0.717, 1.165) is 17.7 Å².